The number of sulfonamides is 1. The molecule has 0 aliphatic carbocycles. The van der Waals surface area contributed by atoms with Gasteiger partial charge in [0.1, 0.15) is 17.2 Å². The van der Waals surface area contributed by atoms with Gasteiger partial charge in [0.2, 0.25) is 10.0 Å². The van der Waals surface area contributed by atoms with Gasteiger partial charge in [0, 0.05) is 49.8 Å². The Kier molecular flexibility index (Phi) is 6.85. The van der Waals surface area contributed by atoms with E-state index in [0.29, 0.717) is 17.2 Å². The van der Waals surface area contributed by atoms with Crippen LogP contribution in [0.2, 0.25) is 5.02 Å². The number of aliphatic hydroxyl groups is 1. The molecule has 1 amide bonds. The van der Waals surface area contributed by atoms with Crippen molar-refractivity contribution < 1.29 is 32.2 Å². The molecule has 2 N–H and O–H groups in total. The largest absolute Gasteiger partial charge is 0.505 e. The van der Waals surface area contributed by atoms with E-state index in [-0.39, 0.29) is 58.7 Å². The Balaban J connectivity index is 1.89. The molecule has 2 heterocycles. The number of phenolic OH excluding ortho intramolecular Hbond substituents is 1. The molecule has 12 heteroatoms. The third-order valence-electron chi connectivity index (χ3n) is 6.39. The molecule has 0 radical (unpaired) electrons. The van der Waals surface area contributed by atoms with Gasteiger partial charge in [-0.05, 0) is 43.5 Å². The van der Waals surface area contributed by atoms with E-state index in [4.69, 9.17) is 11.6 Å². The van der Waals surface area contributed by atoms with Crippen LogP contribution in [-0.4, -0.2) is 59.9 Å². The molecule has 2 aromatic carbocycles. The van der Waals surface area contributed by atoms with E-state index in [2.05, 4.69) is 4.98 Å². The first-order chi connectivity index (χ1) is 17.1. The first-order valence-electron chi connectivity index (χ1n) is 11.3. The first kappa shape index (κ1) is 27.0. The fraction of sp³-hybridized carbons (Fsp3) is 0.360. The summed E-state index contributed by atoms with van der Waals surface area (Å²) in [6, 6.07) is 3.40. The Morgan fingerprint density at radius 2 is 1.89 bits per heavy atom. The minimum absolute atomic E-state index is 0.00305. The number of benzene rings is 2. The van der Waals surface area contributed by atoms with Crippen molar-refractivity contribution in [3.05, 3.63) is 63.3 Å². The van der Waals surface area contributed by atoms with Crippen molar-refractivity contribution in [2.24, 2.45) is 0 Å². The highest BCUT2D eigenvalue weighted by molar-refractivity contribution is 7.92. The molecule has 0 saturated heterocycles. The maximum Gasteiger partial charge on any atom is 0.258 e. The van der Waals surface area contributed by atoms with Crippen LogP contribution in [0.15, 0.2) is 24.4 Å². The van der Waals surface area contributed by atoms with Gasteiger partial charge in [0.15, 0.2) is 5.75 Å². The zero-order valence-corrected chi connectivity index (χ0v) is 22.2. The number of rotatable bonds is 7. The number of carbonyl (C=O) groups is 1. The normalized spacial score (nSPS) is 13.9. The lowest BCUT2D eigenvalue weighted by Crippen LogP contribution is -2.31. The van der Waals surface area contributed by atoms with E-state index in [9.17, 15) is 32.2 Å². The van der Waals surface area contributed by atoms with Gasteiger partial charge < -0.3 is 15.1 Å². The van der Waals surface area contributed by atoms with Gasteiger partial charge in [-0.2, -0.15) is 0 Å². The fourth-order valence-electron chi connectivity index (χ4n) is 4.36. The fourth-order valence-corrected chi connectivity index (χ4v) is 5.08. The smallest absolute Gasteiger partial charge is 0.258 e. The Bertz CT molecular complexity index is 1540. The van der Waals surface area contributed by atoms with E-state index < -0.39 is 38.9 Å². The van der Waals surface area contributed by atoms with Gasteiger partial charge in [0.05, 0.1) is 28.1 Å². The molecule has 1 aliphatic heterocycles. The number of aromatic nitrogens is 1. The zero-order chi connectivity index (χ0) is 27.4. The van der Waals surface area contributed by atoms with Crippen LogP contribution in [-0.2, 0) is 23.0 Å². The number of pyridine rings is 1. The summed E-state index contributed by atoms with van der Waals surface area (Å²) in [5, 5.41) is 21.1. The summed E-state index contributed by atoms with van der Waals surface area (Å²) >= 11 is 5.81. The van der Waals surface area contributed by atoms with Crippen LogP contribution in [0.5, 0.6) is 5.75 Å². The molecule has 3 aromatic rings. The van der Waals surface area contributed by atoms with Crippen LogP contribution < -0.4 is 4.31 Å². The van der Waals surface area contributed by atoms with Crippen molar-refractivity contribution in [1.29, 1.82) is 0 Å². The van der Waals surface area contributed by atoms with E-state index in [1.165, 1.54) is 24.2 Å². The maximum atomic E-state index is 14.4. The predicted molar refractivity (Wildman–Crippen MR) is 136 cm³/mol. The number of fused-ring (bicyclic) bond motifs is 2. The van der Waals surface area contributed by atoms with Crippen molar-refractivity contribution in [3.8, 4) is 5.75 Å². The SMILES string of the molecule is CN(c1c2c(c(O)c3ncc(Cc4cc(Cl)c(F)cc4F)cc13)C(=O)N(CCC(C)(C)O)C2)S(C)(=O)=O. The molecule has 0 atom stereocenters. The van der Waals surface area contributed by atoms with Crippen molar-refractivity contribution in [2.75, 3.05) is 24.2 Å². The number of hydrogen-bond acceptors (Lipinski definition) is 6. The second-order valence-electron chi connectivity index (χ2n) is 9.84. The van der Waals surface area contributed by atoms with Crippen molar-refractivity contribution in [2.45, 2.75) is 38.8 Å². The molecular weight excluding hydrogens is 528 g/mol. The number of anilines is 1. The second kappa shape index (κ2) is 9.38. The lowest BCUT2D eigenvalue weighted by atomic mass is 9.98. The Labute approximate surface area is 218 Å². The zero-order valence-electron chi connectivity index (χ0n) is 20.6. The average molecular weight is 554 g/mol. The molecular formula is C25H26ClF2N3O5S. The predicted octanol–water partition coefficient (Wildman–Crippen LogP) is 3.98. The molecule has 37 heavy (non-hydrogen) atoms. The quantitative estimate of drug-likeness (QED) is 0.428. The minimum Gasteiger partial charge on any atom is -0.505 e. The van der Waals surface area contributed by atoms with Gasteiger partial charge in [-0.25, -0.2) is 17.2 Å². The van der Waals surface area contributed by atoms with E-state index >= 15 is 0 Å². The summed E-state index contributed by atoms with van der Waals surface area (Å²) in [7, 11) is -2.48. The molecule has 0 bridgehead atoms. The van der Waals surface area contributed by atoms with Crippen LogP contribution in [0.3, 0.4) is 0 Å². The highest BCUT2D eigenvalue weighted by atomic mass is 35.5. The summed E-state index contributed by atoms with van der Waals surface area (Å²) in [6.45, 7) is 3.41. The monoisotopic (exact) mass is 553 g/mol. The third-order valence-corrected chi connectivity index (χ3v) is 7.86. The van der Waals surface area contributed by atoms with Gasteiger partial charge in [-0.1, -0.05) is 11.6 Å². The highest BCUT2D eigenvalue weighted by Gasteiger charge is 2.37. The minimum atomic E-state index is -3.81. The number of amides is 1. The summed E-state index contributed by atoms with van der Waals surface area (Å²) < 4.78 is 54.1. The molecule has 0 unspecified atom stereocenters. The van der Waals surface area contributed by atoms with Crippen molar-refractivity contribution >= 4 is 44.1 Å². The summed E-state index contributed by atoms with van der Waals surface area (Å²) in [6.07, 6.45) is 2.60. The lowest BCUT2D eigenvalue weighted by molar-refractivity contribution is 0.0516. The van der Waals surface area contributed by atoms with Crippen LogP contribution in [0.25, 0.3) is 10.9 Å². The van der Waals surface area contributed by atoms with Gasteiger partial charge in [-0.15, -0.1) is 0 Å². The number of aromatic hydroxyl groups is 1. The van der Waals surface area contributed by atoms with E-state index in [1.807, 2.05) is 0 Å². The van der Waals surface area contributed by atoms with Gasteiger partial charge >= 0.3 is 0 Å². The molecule has 8 nitrogen and oxygen atoms in total. The third kappa shape index (κ3) is 5.21. The van der Waals surface area contributed by atoms with Crippen molar-refractivity contribution in [3.63, 3.8) is 0 Å². The molecule has 198 valence electrons. The first-order valence-corrected chi connectivity index (χ1v) is 13.6. The molecule has 0 saturated carbocycles. The number of carbonyl (C=O) groups excluding carboxylic acids is 1. The summed E-state index contributed by atoms with van der Waals surface area (Å²) in [5.41, 5.74) is -0.0780. The van der Waals surface area contributed by atoms with Crippen LogP contribution in [0.4, 0.5) is 14.5 Å². The molecule has 4 rings (SSSR count). The van der Waals surface area contributed by atoms with Gasteiger partial charge in [-0.3, -0.25) is 14.1 Å². The Morgan fingerprint density at radius 1 is 1.22 bits per heavy atom. The van der Waals surface area contributed by atoms with E-state index in [0.717, 1.165) is 10.6 Å². The van der Waals surface area contributed by atoms with Crippen LogP contribution in [0.1, 0.15) is 47.3 Å². The van der Waals surface area contributed by atoms with Crippen LogP contribution >= 0.6 is 11.6 Å². The van der Waals surface area contributed by atoms with Gasteiger partial charge in [0.25, 0.3) is 5.91 Å². The number of nitrogens with zero attached hydrogens (tertiary/aromatic N) is 3. The summed E-state index contributed by atoms with van der Waals surface area (Å²) in [5.74, 6) is -2.60. The van der Waals surface area contributed by atoms with Crippen molar-refractivity contribution in [1.82, 2.24) is 9.88 Å². The molecule has 0 fully saturated rings. The Hall–Kier alpha value is -3.02. The molecule has 0 spiro atoms. The standard InChI is InChI=1S/C25H26ClF2N3O5S/c1-25(2,34)5-6-31-12-16-20(24(31)33)23(32)21-15(22(16)30(3)37(4,35)36)8-13(11-29-21)7-14-9-17(26)19(28)10-18(14)27/h8-11,32,34H,5-7,12H2,1-4H3. The number of halogens is 3. The lowest BCUT2D eigenvalue weighted by Gasteiger charge is -2.23. The van der Waals surface area contributed by atoms with E-state index in [1.54, 1.807) is 19.9 Å². The summed E-state index contributed by atoms with van der Waals surface area (Å²) in [4.78, 5) is 18.9. The molecule has 1 aliphatic rings. The Morgan fingerprint density at radius 3 is 2.51 bits per heavy atom. The average Bonchev–Trinajstić information content (AvgIpc) is 3.11. The second-order valence-corrected chi connectivity index (χ2v) is 12.3. The number of phenols is 1. The highest BCUT2D eigenvalue weighted by Crippen LogP contribution is 2.44. The van der Waals surface area contributed by atoms with Crippen LogP contribution in [0, 0.1) is 11.6 Å². The maximum absolute atomic E-state index is 14.4. The number of hydrogen-bond donors (Lipinski definition) is 2. The topological polar surface area (TPSA) is 111 Å². The molecule has 1 aromatic heterocycles.